The molecule has 0 aliphatic carbocycles. The van der Waals surface area contributed by atoms with Gasteiger partial charge in [0.05, 0.1) is 23.8 Å². The number of hydrogen-bond acceptors (Lipinski definition) is 6. The van der Waals surface area contributed by atoms with E-state index in [1.54, 1.807) is 6.20 Å². The fraction of sp³-hybridized carbons (Fsp3) is 0.200. The van der Waals surface area contributed by atoms with E-state index in [2.05, 4.69) is 9.72 Å². The van der Waals surface area contributed by atoms with Gasteiger partial charge in [0, 0.05) is 11.6 Å². The second kappa shape index (κ2) is 5.21. The molecule has 0 aliphatic rings. The molecule has 108 valence electrons. The number of rotatable bonds is 3. The van der Waals surface area contributed by atoms with Crippen LogP contribution in [-0.2, 0) is 4.74 Å². The van der Waals surface area contributed by atoms with Gasteiger partial charge in [-0.05, 0) is 13.0 Å². The van der Waals surface area contributed by atoms with Crippen molar-refractivity contribution in [2.45, 2.75) is 6.92 Å². The number of hydrogen-bond donors (Lipinski definition) is 1. The minimum absolute atomic E-state index is 0.0851. The summed E-state index contributed by atoms with van der Waals surface area (Å²) >= 11 is 1.19. The molecule has 0 unspecified atom stereocenters. The van der Waals surface area contributed by atoms with Crippen LogP contribution in [0.25, 0.3) is 21.0 Å². The van der Waals surface area contributed by atoms with Gasteiger partial charge in [0.1, 0.15) is 17.0 Å². The summed E-state index contributed by atoms with van der Waals surface area (Å²) in [5, 5.41) is 11.5. The van der Waals surface area contributed by atoms with Crippen LogP contribution in [0.1, 0.15) is 16.6 Å². The van der Waals surface area contributed by atoms with Gasteiger partial charge in [-0.3, -0.25) is 4.98 Å². The van der Waals surface area contributed by atoms with Crippen LogP contribution in [0.5, 0.6) is 11.5 Å². The highest BCUT2D eigenvalue weighted by atomic mass is 32.1. The third-order valence-corrected chi connectivity index (χ3v) is 4.36. The number of thiophene rings is 1. The van der Waals surface area contributed by atoms with Gasteiger partial charge in [0.25, 0.3) is 0 Å². The molecule has 2 aromatic heterocycles. The molecule has 6 heteroatoms. The van der Waals surface area contributed by atoms with Crippen molar-refractivity contribution in [1.29, 1.82) is 0 Å². The Balaban J connectivity index is 2.34. The zero-order chi connectivity index (χ0) is 15.0. The van der Waals surface area contributed by atoms with E-state index < -0.39 is 5.97 Å². The van der Waals surface area contributed by atoms with E-state index >= 15 is 0 Å². The maximum Gasteiger partial charge on any atom is 0.351 e. The number of ether oxygens (including phenoxy) is 2. The molecule has 3 rings (SSSR count). The summed E-state index contributed by atoms with van der Waals surface area (Å²) in [5.41, 5.74) is 0.713. The third kappa shape index (κ3) is 2.08. The molecule has 1 N–H and O–H groups in total. The highest BCUT2D eigenvalue weighted by Crippen LogP contribution is 2.41. The summed E-state index contributed by atoms with van der Waals surface area (Å²) in [5.74, 6) is 0.0466. The molecule has 0 amide bonds. The molecule has 1 aromatic carbocycles. The summed E-state index contributed by atoms with van der Waals surface area (Å²) in [7, 11) is 1.29. The molecule has 3 aromatic rings. The maximum atomic E-state index is 11.7. The normalized spacial score (nSPS) is 11.0. The summed E-state index contributed by atoms with van der Waals surface area (Å²) in [4.78, 5) is 16.2. The maximum absolute atomic E-state index is 11.7. The van der Waals surface area contributed by atoms with E-state index in [0.717, 1.165) is 10.1 Å². The standard InChI is InChI=1S/C15H13NO4S/c1-3-20-10-6-4-5-8-11(10)16-7-9-12(17)14(15(18)19-2)21-13(8)9/h4-7,17H,3H2,1-2H3. The molecule has 0 radical (unpaired) electrons. The second-order valence-electron chi connectivity index (χ2n) is 4.36. The van der Waals surface area contributed by atoms with Gasteiger partial charge in [-0.15, -0.1) is 11.3 Å². The van der Waals surface area contributed by atoms with E-state index in [4.69, 9.17) is 4.74 Å². The van der Waals surface area contributed by atoms with E-state index in [1.807, 2.05) is 25.1 Å². The summed E-state index contributed by atoms with van der Waals surface area (Å²) in [6.45, 7) is 2.45. The van der Waals surface area contributed by atoms with Crippen LogP contribution in [0, 0.1) is 0 Å². The third-order valence-electron chi connectivity index (χ3n) is 3.16. The molecule has 0 spiro atoms. The first-order chi connectivity index (χ1) is 10.2. The van der Waals surface area contributed by atoms with E-state index in [9.17, 15) is 9.90 Å². The SMILES string of the molecule is CCOc1cccc2c1ncc1c(O)c(C(=O)OC)sc12. The minimum Gasteiger partial charge on any atom is -0.505 e. The van der Waals surface area contributed by atoms with Crippen LogP contribution in [0.4, 0.5) is 0 Å². The number of aromatic hydroxyl groups is 1. The Morgan fingerprint density at radius 3 is 2.90 bits per heavy atom. The molecule has 0 aliphatic heterocycles. The predicted octanol–water partition coefficient (Wildman–Crippen LogP) is 3.34. The Hall–Kier alpha value is -2.34. The number of fused-ring (bicyclic) bond motifs is 3. The summed E-state index contributed by atoms with van der Waals surface area (Å²) in [6.07, 6.45) is 1.55. The van der Waals surface area contributed by atoms with Crippen molar-refractivity contribution in [3.8, 4) is 11.5 Å². The predicted molar refractivity (Wildman–Crippen MR) is 81.3 cm³/mol. The second-order valence-corrected chi connectivity index (χ2v) is 5.38. The number of pyridine rings is 1. The molecule has 0 bridgehead atoms. The number of benzene rings is 1. The molecular formula is C15H13NO4S. The summed E-state index contributed by atoms with van der Waals surface area (Å²) < 4.78 is 11.0. The van der Waals surface area contributed by atoms with Crippen LogP contribution in [0.2, 0.25) is 0 Å². The van der Waals surface area contributed by atoms with Crippen molar-refractivity contribution in [2.24, 2.45) is 0 Å². The zero-order valence-electron chi connectivity index (χ0n) is 11.5. The number of carbonyl (C=O) groups is 1. The molecule has 0 saturated carbocycles. The lowest BCUT2D eigenvalue weighted by Gasteiger charge is -2.06. The number of nitrogens with zero attached hydrogens (tertiary/aromatic N) is 1. The first-order valence-electron chi connectivity index (χ1n) is 6.41. The molecule has 2 heterocycles. The Morgan fingerprint density at radius 2 is 2.19 bits per heavy atom. The molecule has 5 nitrogen and oxygen atoms in total. The van der Waals surface area contributed by atoms with Gasteiger partial charge < -0.3 is 14.6 Å². The van der Waals surface area contributed by atoms with Gasteiger partial charge >= 0.3 is 5.97 Å². The topological polar surface area (TPSA) is 68.7 Å². The lowest BCUT2D eigenvalue weighted by atomic mass is 10.1. The molecular weight excluding hydrogens is 290 g/mol. The monoisotopic (exact) mass is 303 g/mol. The van der Waals surface area contributed by atoms with E-state index in [1.165, 1.54) is 18.4 Å². The van der Waals surface area contributed by atoms with Crippen LogP contribution in [0.3, 0.4) is 0 Å². The molecule has 21 heavy (non-hydrogen) atoms. The zero-order valence-corrected chi connectivity index (χ0v) is 12.4. The van der Waals surface area contributed by atoms with Gasteiger partial charge in [0.2, 0.25) is 0 Å². The average Bonchev–Trinajstić information content (AvgIpc) is 2.85. The summed E-state index contributed by atoms with van der Waals surface area (Å²) in [6, 6.07) is 5.60. The number of esters is 1. The smallest absolute Gasteiger partial charge is 0.351 e. The number of carbonyl (C=O) groups excluding carboxylic acids is 1. The van der Waals surface area contributed by atoms with Crippen LogP contribution in [0.15, 0.2) is 24.4 Å². The quantitative estimate of drug-likeness (QED) is 0.752. The van der Waals surface area contributed by atoms with Gasteiger partial charge in [-0.1, -0.05) is 12.1 Å². The average molecular weight is 303 g/mol. The van der Waals surface area contributed by atoms with Crippen molar-refractivity contribution >= 4 is 38.3 Å². The van der Waals surface area contributed by atoms with Gasteiger partial charge in [-0.2, -0.15) is 0 Å². The number of para-hydroxylation sites is 1. The lowest BCUT2D eigenvalue weighted by Crippen LogP contribution is -1.97. The molecule has 0 fully saturated rings. The lowest BCUT2D eigenvalue weighted by molar-refractivity contribution is 0.0603. The van der Waals surface area contributed by atoms with Gasteiger partial charge in [0.15, 0.2) is 4.88 Å². The number of aromatic nitrogens is 1. The minimum atomic E-state index is -0.553. The van der Waals surface area contributed by atoms with Crippen molar-refractivity contribution in [3.63, 3.8) is 0 Å². The van der Waals surface area contributed by atoms with E-state index in [0.29, 0.717) is 23.3 Å². The molecule has 0 saturated heterocycles. The van der Waals surface area contributed by atoms with Crippen molar-refractivity contribution < 1.29 is 19.4 Å². The first-order valence-corrected chi connectivity index (χ1v) is 7.23. The Labute approximate surface area is 124 Å². The van der Waals surface area contributed by atoms with Crippen molar-refractivity contribution in [2.75, 3.05) is 13.7 Å². The Kier molecular flexibility index (Phi) is 3.39. The van der Waals surface area contributed by atoms with Crippen LogP contribution >= 0.6 is 11.3 Å². The van der Waals surface area contributed by atoms with Crippen LogP contribution < -0.4 is 4.74 Å². The Bertz CT molecular complexity index is 840. The fourth-order valence-electron chi connectivity index (χ4n) is 2.23. The first kappa shape index (κ1) is 13.6. The van der Waals surface area contributed by atoms with Crippen molar-refractivity contribution in [1.82, 2.24) is 4.98 Å². The number of methoxy groups -OCH3 is 1. The fourth-order valence-corrected chi connectivity index (χ4v) is 3.34. The Morgan fingerprint density at radius 1 is 1.38 bits per heavy atom. The largest absolute Gasteiger partial charge is 0.505 e. The van der Waals surface area contributed by atoms with Crippen LogP contribution in [-0.4, -0.2) is 29.8 Å². The van der Waals surface area contributed by atoms with Crippen molar-refractivity contribution in [3.05, 3.63) is 29.3 Å². The highest BCUT2D eigenvalue weighted by molar-refractivity contribution is 7.22. The van der Waals surface area contributed by atoms with E-state index in [-0.39, 0.29) is 10.6 Å². The molecule has 0 atom stereocenters. The highest BCUT2D eigenvalue weighted by Gasteiger charge is 2.21. The van der Waals surface area contributed by atoms with Gasteiger partial charge in [-0.25, -0.2) is 4.79 Å².